The normalized spacial score (nSPS) is 11.1. The zero-order valence-corrected chi connectivity index (χ0v) is 10.5. The van der Waals surface area contributed by atoms with Gasteiger partial charge in [0.05, 0.1) is 5.51 Å². The Labute approximate surface area is 96.5 Å². The second-order valence-corrected chi connectivity index (χ2v) is 4.77. The summed E-state index contributed by atoms with van der Waals surface area (Å²) in [6, 6.07) is 0. The molecule has 1 aromatic rings. The minimum Gasteiger partial charge on any atom is -0.311 e. The second kappa shape index (κ2) is 7.79. The zero-order valence-electron chi connectivity index (χ0n) is 9.70. The van der Waals surface area contributed by atoms with Gasteiger partial charge in [-0.05, 0) is 20.0 Å². The van der Waals surface area contributed by atoms with Crippen molar-refractivity contribution in [1.82, 2.24) is 15.2 Å². The van der Waals surface area contributed by atoms with Gasteiger partial charge in [-0.3, -0.25) is 4.98 Å². The summed E-state index contributed by atoms with van der Waals surface area (Å²) in [6.07, 6.45) is 4.50. The van der Waals surface area contributed by atoms with Crippen molar-refractivity contribution < 1.29 is 0 Å². The summed E-state index contributed by atoms with van der Waals surface area (Å²) in [5.41, 5.74) is 1.88. The van der Waals surface area contributed by atoms with Crippen LogP contribution < -0.4 is 5.32 Å². The highest BCUT2D eigenvalue weighted by atomic mass is 32.1. The molecule has 0 saturated heterocycles. The topological polar surface area (TPSA) is 28.2 Å². The van der Waals surface area contributed by atoms with E-state index in [2.05, 4.69) is 29.2 Å². The lowest BCUT2D eigenvalue weighted by Crippen LogP contribution is -2.29. The molecule has 1 rings (SSSR count). The molecule has 1 N–H and O–H groups in total. The van der Waals surface area contributed by atoms with E-state index >= 15 is 0 Å². The quantitative estimate of drug-likeness (QED) is 0.688. The molecule has 15 heavy (non-hydrogen) atoms. The Hall–Kier alpha value is -0.450. The van der Waals surface area contributed by atoms with Gasteiger partial charge >= 0.3 is 0 Å². The van der Waals surface area contributed by atoms with Crippen molar-refractivity contribution in [2.45, 2.75) is 26.3 Å². The fourth-order valence-corrected chi connectivity index (χ4v) is 1.91. The van der Waals surface area contributed by atoms with Gasteiger partial charge in [-0.15, -0.1) is 11.3 Å². The van der Waals surface area contributed by atoms with Gasteiger partial charge < -0.3 is 10.2 Å². The van der Waals surface area contributed by atoms with E-state index in [0.717, 1.165) is 19.6 Å². The maximum absolute atomic E-state index is 4.04. The van der Waals surface area contributed by atoms with Crippen molar-refractivity contribution in [2.24, 2.45) is 0 Å². The van der Waals surface area contributed by atoms with Crippen molar-refractivity contribution in [2.75, 3.05) is 26.7 Å². The number of thiazole rings is 1. The first-order chi connectivity index (χ1) is 7.33. The van der Waals surface area contributed by atoms with Crippen molar-refractivity contribution in [3.63, 3.8) is 0 Å². The summed E-state index contributed by atoms with van der Waals surface area (Å²) in [5.74, 6) is 0. The molecule has 0 aliphatic carbocycles. The minimum absolute atomic E-state index is 0.951. The molecule has 0 atom stereocenters. The maximum atomic E-state index is 4.04. The molecule has 86 valence electrons. The third-order valence-electron chi connectivity index (χ3n) is 2.35. The van der Waals surface area contributed by atoms with Gasteiger partial charge in [0.2, 0.25) is 0 Å². The van der Waals surface area contributed by atoms with Crippen LogP contribution in [0.5, 0.6) is 0 Å². The van der Waals surface area contributed by atoms with Crippen LogP contribution in [0.3, 0.4) is 0 Å². The molecule has 0 saturated carbocycles. The lowest BCUT2D eigenvalue weighted by molar-refractivity contribution is 0.325. The van der Waals surface area contributed by atoms with E-state index in [4.69, 9.17) is 0 Å². The molecule has 4 heteroatoms. The molecular formula is C11H21N3S. The minimum atomic E-state index is 0.951. The summed E-state index contributed by atoms with van der Waals surface area (Å²) in [6.45, 7) is 6.57. The lowest BCUT2D eigenvalue weighted by Gasteiger charge is -2.15. The number of nitrogens with zero attached hydrogens (tertiary/aromatic N) is 2. The van der Waals surface area contributed by atoms with Crippen LogP contribution in [0.4, 0.5) is 0 Å². The molecule has 1 heterocycles. The Bertz CT molecular complexity index is 236. The summed E-state index contributed by atoms with van der Waals surface area (Å²) >= 11 is 1.71. The van der Waals surface area contributed by atoms with Gasteiger partial charge in [-0.25, -0.2) is 0 Å². The number of hydrogen-bond donors (Lipinski definition) is 1. The third-order valence-corrected chi connectivity index (χ3v) is 3.13. The Morgan fingerprint density at radius 1 is 1.47 bits per heavy atom. The van der Waals surface area contributed by atoms with E-state index in [1.54, 1.807) is 11.3 Å². The number of nitrogens with one attached hydrogen (secondary N) is 1. The molecule has 0 aromatic carbocycles. The van der Waals surface area contributed by atoms with E-state index in [1.165, 1.54) is 24.3 Å². The van der Waals surface area contributed by atoms with E-state index in [0.29, 0.717) is 0 Å². The van der Waals surface area contributed by atoms with Gasteiger partial charge in [0.25, 0.3) is 0 Å². The maximum Gasteiger partial charge on any atom is 0.0794 e. The Kier molecular flexibility index (Phi) is 6.55. The Morgan fingerprint density at radius 3 is 3.00 bits per heavy atom. The van der Waals surface area contributed by atoms with Crippen LogP contribution >= 0.6 is 11.3 Å². The predicted molar refractivity (Wildman–Crippen MR) is 66.2 cm³/mol. The van der Waals surface area contributed by atoms with E-state index < -0.39 is 0 Å². The highest BCUT2D eigenvalue weighted by molar-refractivity contribution is 7.09. The molecule has 0 fully saturated rings. The van der Waals surface area contributed by atoms with E-state index in [1.807, 2.05) is 11.7 Å². The predicted octanol–water partition coefficient (Wildman–Crippen LogP) is 1.96. The van der Waals surface area contributed by atoms with Crippen LogP contribution in [-0.4, -0.2) is 36.6 Å². The van der Waals surface area contributed by atoms with Crippen molar-refractivity contribution in [3.05, 3.63) is 16.6 Å². The smallest absolute Gasteiger partial charge is 0.0794 e. The van der Waals surface area contributed by atoms with Gasteiger partial charge in [-0.1, -0.05) is 13.3 Å². The third kappa shape index (κ3) is 5.87. The monoisotopic (exact) mass is 227 g/mol. The van der Waals surface area contributed by atoms with E-state index in [9.17, 15) is 0 Å². The molecule has 0 radical (unpaired) electrons. The van der Waals surface area contributed by atoms with Crippen LogP contribution in [0.25, 0.3) is 0 Å². The summed E-state index contributed by atoms with van der Waals surface area (Å²) in [7, 11) is 2.18. The largest absolute Gasteiger partial charge is 0.311 e. The number of likely N-dealkylation sites (N-methyl/N-ethyl adjacent to an activating group) is 1. The average Bonchev–Trinajstić information content (AvgIpc) is 2.74. The molecule has 0 amide bonds. The van der Waals surface area contributed by atoms with E-state index in [-0.39, 0.29) is 0 Å². The molecule has 0 aliphatic heterocycles. The average molecular weight is 227 g/mol. The SMILES string of the molecule is CCCCN(C)CCNCc1cncs1. The number of rotatable bonds is 8. The standard InChI is InChI=1S/C11H21N3S/c1-3-4-6-14(2)7-5-12-8-11-9-13-10-15-11/h9-10,12H,3-8H2,1-2H3. The van der Waals surface area contributed by atoms with Crippen LogP contribution in [0.2, 0.25) is 0 Å². The van der Waals surface area contributed by atoms with Gasteiger partial charge in [0.15, 0.2) is 0 Å². The van der Waals surface area contributed by atoms with Gasteiger partial charge in [-0.2, -0.15) is 0 Å². The molecule has 0 spiro atoms. The lowest BCUT2D eigenvalue weighted by atomic mass is 10.3. The summed E-state index contributed by atoms with van der Waals surface area (Å²) in [5, 5.41) is 3.42. The van der Waals surface area contributed by atoms with Crippen molar-refractivity contribution in [3.8, 4) is 0 Å². The molecule has 0 unspecified atom stereocenters. The Morgan fingerprint density at radius 2 is 2.33 bits per heavy atom. The summed E-state index contributed by atoms with van der Waals surface area (Å²) in [4.78, 5) is 7.73. The highest BCUT2D eigenvalue weighted by Gasteiger charge is 1.97. The van der Waals surface area contributed by atoms with Crippen LogP contribution in [0.15, 0.2) is 11.7 Å². The highest BCUT2D eigenvalue weighted by Crippen LogP contribution is 2.03. The molecule has 3 nitrogen and oxygen atoms in total. The van der Waals surface area contributed by atoms with Crippen molar-refractivity contribution >= 4 is 11.3 Å². The first-order valence-electron chi connectivity index (χ1n) is 5.59. The number of unbranched alkanes of at least 4 members (excludes halogenated alkanes) is 1. The van der Waals surface area contributed by atoms with Gasteiger partial charge in [0.1, 0.15) is 0 Å². The molecule has 1 aromatic heterocycles. The fraction of sp³-hybridized carbons (Fsp3) is 0.727. The number of aromatic nitrogens is 1. The van der Waals surface area contributed by atoms with Crippen LogP contribution in [-0.2, 0) is 6.54 Å². The first-order valence-corrected chi connectivity index (χ1v) is 6.47. The Balaban J connectivity index is 1.97. The summed E-state index contributed by atoms with van der Waals surface area (Å²) < 4.78 is 0. The van der Waals surface area contributed by atoms with Crippen molar-refractivity contribution in [1.29, 1.82) is 0 Å². The van der Waals surface area contributed by atoms with Gasteiger partial charge in [0, 0.05) is 30.7 Å². The zero-order chi connectivity index (χ0) is 10.9. The number of hydrogen-bond acceptors (Lipinski definition) is 4. The molecule has 0 bridgehead atoms. The first kappa shape index (κ1) is 12.6. The van der Waals surface area contributed by atoms with Crippen LogP contribution in [0, 0.1) is 0 Å². The molecular weight excluding hydrogens is 206 g/mol. The fourth-order valence-electron chi connectivity index (χ4n) is 1.35. The van der Waals surface area contributed by atoms with Crippen LogP contribution in [0.1, 0.15) is 24.6 Å². The molecule has 0 aliphatic rings. The second-order valence-electron chi connectivity index (χ2n) is 3.80.